The van der Waals surface area contributed by atoms with Crippen molar-refractivity contribution >= 4 is 71.9 Å². The molecule has 1 atom stereocenters. The first kappa shape index (κ1) is 62.4. The van der Waals surface area contributed by atoms with Gasteiger partial charge in [-0.25, -0.2) is 9.13 Å². The lowest BCUT2D eigenvalue weighted by atomic mass is 9.97. The smallest absolute Gasteiger partial charge is 0.431 e. The zero-order chi connectivity index (χ0) is 45.9. The van der Waals surface area contributed by atoms with E-state index < -0.39 is 40.4 Å². The standard InChI is InChI=1S/C20H24NO7P.C7H15NO2.C6H5Cl2O2P.C6H5NO3.CH4.ClH.H2O/c1-15(2)26-19(22)20(3,4)14-29(25,27-17-8-6-5-7-9-17)28-18-12-10-16(11-13-18)21(23)24;1-5(2)10-6(9)7(3,4)8;7-11(8,9)10-6-4-2-1-3-5-6;8-6-3-1-5(2-4-6)7(9)10;;;/h5-13,15H,14H2,1-4H3;5H,8H2,1-4H3;1-5H;1-4,8H;1H4;1H;1H2. The molecule has 0 radical (unpaired) electrons. The van der Waals surface area contributed by atoms with Crippen LogP contribution in [0.15, 0.2) is 109 Å². The number of nitrogens with two attached hydrogens (primary N) is 1. The first-order valence-corrected chi connectivity index (χ1v) is 22.9. The number of nitro groups is 2. The van der Waals surface area contributed by atoms with E-state index in [2.05, 4.69) is 4.52 Å². The van der Waals surface area contributed by atoms with Crippen LogP contribution in [0, 0.1) is 25.6 Å². The molecule has 1 unspecified atom stereocenters. The molecule has 0 saturated carbocycles. The van der Waals surface area contributed by atoms with E-state index >= 15 is 0 Å². The fourth-order valence-electron chi connectivity index (χ4n) is 3.98. The summed E-state index contributed by atoms with van der Waals surface area (Å²) in [6.07, 6.45) is -4.11. The number of carbonyl (C=O) groups excluding carboxylic acids is 2. The van der Waals surface area contributed by atoms with Crippen LogP contribution in [-0.4, -0.2) is 56.3 Å². The van der Waals surface area contributed by atoms with Gasteiger partial charge in [-0.2, -0.15) is 0 Å². The molecular formula is C40H56Cl3N3O15P2. The maximum Gasteiger partial charge on any atom is 0.431 e. The molecule has 5 N–H and O–H groups in total. The maximum absolute atomic E-state index is 13.6. The Labute approximate surface area is 382 Å². The first-order valence-electron chi connectivity index (χ1n) is 17.8. The van der Waals surface area contributed by atoms with E-state index in [9.17, 15) is 38.9 Å². The predicted octanol–water partition coefficient (Wildman–Crippen LogP) is 11.1. The van der Waals surface area contributed by atoms with E-state index in [4.69, 9.17) is 51.8 Å². The molecule has 23 heteroatoms. The van der Waals surface area contributed by atoms with E-state index in [0.29, 0.717) is 11.5 Å². The number of aromatic hydroxyl groups is 1. The summed E-state index contributed by atoms with van der Waals surface area (Å²) in [6, 6.07) is 27.1. The molecule has 0 bridgehead atoms. The number of benzene rings is 4. The third-order valence-electron chi connectivity index (χ3n) is 6.65. The van der Waals surface area contributed by atoms with Crippen LogP contribution in [0.5, 0.6) is 23.0 Å². The SMILES string of the molecule is C.CC(C)OC(=O)C(C)(C)CP(=O)(Oc1ccccc1)Oc1ccc([N+](=O)[O-])cc1.CC(C)OC(=O)C(C)(C)N.Cl.O.O=P(Cl)(Cl)Oc1ccccc1.O=[N+]([O-])c1ccc(O)cc1. The highest BCUT2D eigenvalue weighted by Gasteiger charge is 2.42. The lowest BCUT2D eigenvalue weighted by Gasteiger charge is -2.28. The van der Waals surface area contributed by atoms with Crippen molar-refractivity contribution < 1.29 is 62.2 Å². The van der Waals surface area contributed by atoms with Crippen molar-refractivity contribution in [2.24, 2.45) is 11.1 Å². The highest BCUT2D eigenvalue weighted by molar-refractivity contribution is 8.05. The number of phenolic OH excluding ortho intramolecular Hbond substituents is 1. The number of nitro benzene ring substituents is 2. The number of carbonyl (C=O) groups is 2. The Morgan fingerprint density at radius 3 is 1.32 bits per heavy atom. The Morgan fingerprint density at radius 1 is 0.667 bits per heavy atom. The predicted molar refractivity (Wildman–Crippen MR) is 247 cm³/mol. The summed E-state index contributed by atoms with van der Waals surface area (Å²) >= 11 is 10.3. The summed E-state index contributed by atoms with van der Waals surface area (Å²) in [6.45, 7) is 13.5. The second-order valence-electron chi connectivity index (χ2n) is 14.1. The summed E-state index contributed by atoms with van der Waals surface area (Å²) in [5.41, 5.74) is 3.28. The van der Waals surface area contributed by atoms with E-state index in [0.717, 1.165) is 0 Å². The lowest BCUT2D eigenvalue weighted by molar-refractivity contribution is -0.385. The van der Waals surface area contributed by atoms with Crippen LogP contribution in [0.25, 0.3) is 0 Å². The molecule has 4 rings (SSSR count). The maximum atomic E-state index is 13.6. The number of hydrogen-bond donors (Lipinski definition) is 2. The van der Waals surface area contributed by atoms with Crippen LogP contribution >= 0.6 is 48.6 Å². The second-order valence-corrected chi connectivity index (χ2v) is 20.2. The van der Waals surface area contributed by atoms with Gasteiger partial charge in [-0.15, -0.1) is 12.4 Å². The van der Waals surface area contributed by atoms with Crippen LogP contribution in [0.1, 0.15) is 62.8 Å². The van der Waals surface area contributed by atoms with Gasteiger partial charge < -0.3 is 39.4 Å². The van der Waals surface area contributed by atoms with Crippen molar-refractivity contribution in [3.63, 3.8) is 0 Å². The Balaban J connectivity index is -0.000000871. The van der Waals surface area contributed by atoms with Gasteiger partial charge in [0.05, 0.1) is 33.6 Å². The molecule has 0 aliphatic rings. The molecule has 0 aromatic heterocycles. The highest BCUT2D eigenvalue weighted by atomic mass is 35.9. The summed E-state index contributed by atoms with van der Waals surface area (Å²) < 4.78 is 50.4. The van der Waals surface area contributed by atoms with Gasteiger partial charge in [0, 0.05) is 46.7 Å². The number of halogens is 3. The van der Waals surface area contributed by atoms with E-state index in [-0.39, 0.29) is 72.5 Å². The Kier molecular flexibility index (Phi) is 28.4. The van der Waals surface area contributed by atoms with Crippen molar-refractivity contribution in [1.29, 1.82) is 0 Å². The molecule has 352 valence electrons. The Hall–Kier alpha value is -4.93. The molecule has 4 aromatic carbocycles. The average molecular weight is 987 g/mol. The van der Waals surface area contributed by atoms with Crippen LogP contribution in [-0.2, 0) is 28.2 Å². The molecule has 0 aliphatic carbocycles. The highest BCUT2D eigenvalue weighted by Crippen LogP contribution is 2.57. The van der Waals surface area contributed by atoms with E-state index in [1.807, 2.05) is 0 Å². The molecular weight excluding hydrogens is 931 g/mol. The largest absolute Gasteiger partial charge is 0.508 e. The molecule has 0 fully saturated rings. The first-order chi connectivity index (χ1) is 27.6. The molecule has 0 spiro atoms. The summed E-state index contributed by atoms with van der Waals surface area (Å²) in [5, 5.41) is 29.6. The topological polar surface area (TPSA) is 278 Å². The average Bonchev–Trinajstić information content (AvgIpc) is 3.12. The van der Waals surface area contributed by atoms with Gasteiger partial charge in [0.2, 0.25) is 0 Å². The van der Waals surface area contributed by atoms with Crippen molar-refractivity contribution in [3.8, 4) is 23.0 Å². The van der Waals surface area contributed by atoms with Gasteiger partial charge in [0.1, 0.15) is 28.5 Å². The number of hydrogen-bond acceptors (Lipinski definition) is 15. The second kappa shape index (κ2) is 28.7. The number of phenols is 1. The number of ether oxygens (including phenoxy) is 2. The zero-order valence-electron chi connectivity index (χ0n) is 35.0. The van der Waals surface area contributed by atoms with Crippen LogP contribution in [0.2, 0.25) is 0 Å². The number of nitrogens with zero attached hydrogens (tertiary/aromatic N) is 2. The van der Waals surface area contributed by atoms with E-state index in [1.165, 1.54) is 48.5 Å². The van der Waals surface area contributed by atoms with Gasteiger partial charge >= 0.3 is 25.6 Å². The van der Waals surface area contributed by atoms with Crippen LogP contribution in [0.3, 0.4) is 0 Å². The Bertz CT molecular complexity index is 2070. The minimum Gasteiger partial charge on any atom is -0.508 e. The van der Waals surface area contributed by atoms with Crippen LogP contribution in [0.4, 0.5) is 11.4 Å². The Morgan fingerprint density at radius 2 is 1.00 bits per heavy atom. The minimum atomic E-state index is -3.89. The van der Waals surface area contributed by atoms with Gasteiger partial charge in [-0.3, -0.25) is 29.8 Å². The zero-order valence-corrected chi connectivity index (χ0v) is 39.2. The fourth-order valence-corrected chi connectivity index (χ4v) is 6.98. The molecule has 0 heterocycles. The third-order valence-corrected chi connectivity index (χ3v) is 9.64. The molecule has 0 amide bonds. The summed E-state index contributed by atoms with van der Waals surface area (Å²) in [4.78, 5) is 43.2. The lowest BCUT2D eigenvalue weighted by Crippen LogP contribution is -2.43. The summed E-state index contributed by atoms with van der Waals surface area (Å²) in [5.74, 6) is -0.0146. The number of non-ortho nitro benzene ring substituents is 2. The molecule has 18 nitrogen and oxygen atoms in total. The fraction of sp³-hybridized carbons (Fsp3) is 0.350. The van der Waals surface area contributed by atoms with Crippen molar-refractivity contribution in [2.45, 2.75) is 80.6 Å². The quantitative estimate of drug-likeness (QED) is 0.0514. The minimum absolute atomic E-state index is 0. The van der Waals surface area contributed by atoms with Crippen LogP contribution < -0.4 is 19.3 Å². The number of para-hydroxylation sites is 2. The van der Waals surface area contributed by atoms with Gasteiger partial charge in [0.15, 0.2) is 0 Å². The third kappa shape index (κ3) is 27.0. The van der Waals surface area contributed by atoms with Gasteiger partial charge in [-0.1, -0.05) is 43.8 Å². The number of rotatable bonds is 14. The van der Waals surface area contributed by atoms with Crippen molar-refractivity contribution in [3.05, 3.63) is 129 Å². The number of esters is 2. The molecule has 4 aromatic rings. The molecule has 63 heavy (non-hydrogen) atoms. The van der Waals surface area contributed by atoms with Crippen molar-refractivity contribution in [1.82, 2.24) is 0 Å². The molecule has 0 aliphatic heterocycles. The normalized spacial score (nSPS) is 11.4. The monoisotopic (exact) mass is 985 g/mol. The van der Waals surface area contributed by atoms with Gasteiger partial charge in [-0.05, 0) is 104 Å². The molecule has 0 saturated heterocycles. The summed E-state index contributed by atoms with van der Waals surface area (Å²) in [7, 11) is -3.89. The van der Waals surface area contributed by atoms with Crippen molar-refractivity contribution in [2.75, 3.05) is 6.16 Å². The van der Waals surface area contributed by atoms with Gasteiger partial charge in [0.25, 0.3) is 11.4 Å². The van der Waals surface area contributed by atoms with E-state index in [1.54, 1.807) is 116 Å².